The second kappa shape index (κ2) is 40.6. The Labute approximate surface area is 371 Å². The molecule has 0 saturated carbocycles. The highest BCUT2D eigenvalue weighted by molar-refractivity contribution is 5.76. The lowest BCUT2D eigenvalue weighted by Gasteiger charge is -2.40. The molecule has 1 aliphatic heterocycles. The number of ether oxygens (including phenoxy) is 3. The van der Waals surface area contributed by atoms with E-state index in [0.29, 0.717) is 19.4 Å². The molecule has 0 aromatic rings. The van der Waals surface area contributed by atoms with Gasteiger partial charge >= 0.3 is 5.97 Å². The van der Waals surface area contributed by atoms with Crippen molar-refractivity contribution in [3.05, 3.63) is 36.5 Å². The number of carbonyl (C=O) groups is 2. The van der Waals surface area contributed by atoms with Gasteiger partial charge in [-0.1, -0.05) is 172 Å². The molecule has 1 saturated heterocycles. The maximum Gasteiger partial charge on any atom is 0.305 e. The Kier molecular flexibility index (Phi) is 37.9. The van der Waals surface area contributed by atoms with E-state index in [9.17, 15) is 35.1 Å². The summed E-state index contributed by atoms with van der Waals surface area (Å²) in [7, 11) is 0. The van der Waals surface area contributed by atoms with Crippen LogP contribution in [0.2, 0.25) is 0 Å². The van der Waals surface area contributed by atoms with Crippen LogP contribution in [0.1, 0.15) is 206 Å². The van der Waals surface area contributed by atoms with Crippen molar-refractivity contribution >= 4 is 11.9 Å². The van der Waals surface area contributed by atoms with Gasteiger partial charge < -0.3 is 45.1 Å². The van der Waals surface area contributed by atoms with Crippen molar-refractivity contribution in [2.45, 2.75) is 249 Å². The number of hydrogen-bond donors (Lipinski definition) is 6. The van der Waals surface area contributed by atoms with E-state index in [0.717, 1.165) is 89.9 Å². The van der Waals surface area contributed by atoms with Crippen LogP contribution >= 0.6 is 0 Å². The minimum atomic E-state index is -1.58. The molecule has 7 atom stereocenters. The van der Waals surface area contributed by atoms with E-state index in [1.807, 2.05) is 6.08 Å². The van der Waals surface area contributed by atoms with Crippen molar-refractivity contribution in [1.82, 2.24) is 5.32 Å². The molecule has 1 fully saturated rings. The van der Waals surface area contributed by atoms with Crippen LogP contribution in [0.3, 0.4) is 0 Å². The summed E-state index contributed by atoms with van der Waals surface area (Å²) in [5, 5.41) is 54.0. The van der Waals surface area contributed by atoms with Crippen LogP contribution in [0.25, 0.3) is 0 Å². The number of aliphatic hydroxyl groups excluding tert-OH is 5. The topological polar surface area (TPSA) is 175 Å². The van der Waals surface area contributed by atoms with Gasteiger partial charge in [0.05, 0.1) is 32.0 Å². The Bertz CT molecular complexity index is 1110. The largest absolute Gasteiger partial charge is 0.466 e. The van der Waals surface area contributed by atoms with Crippen molar-refractivity contribution in [3.8, 4) is 0 Å². The molecule has 7 unspecified atom stereocenters. The lowest BCUT2D eigenvalue weighted by Crippen LogP contribution is -2.60. The fourth-order valence-corrected chi connectivity index (χ4v) is 7.47. The summed E-state index contributed by atoms with van der Waals surface area (Å²) in [5.41, 5.74) is 0. The number of carbonyl (C=O) groups excluding carboxylic acids is 2. The highest BCUT2D eigenvalue weighted by Crippen LogP contribution is 2.22. The highest BCUT2D eigenvalue weighted by atomic mass is 16.7. The number of esters is 1. The van der Waals surface area contributed by atoms with Gasteiger partial charge in [0.1, 0.15) is 24.4 Å². The third-order valence-corrected chi connectivity index (χ3v) is 11.5. The summed E-state index contributed by atoms with van der Waals surface area (Å²) >= 11 is 0. The summed E-state index contributed by atoms with van der Waals surface area (Å²) in [6, 6.07) is -0.823. The molecule has 356 valence electrons. The molecule has 0 bridgehead atoms. The van der Waals surface area contributed by atoms with Crippen LogP contribution < -0.4 is 5.32 Å². The van der Waals surface area contributed by atoms with Gasteiger partial charge in [-0.15, -0.1) is 0 Å². The monoisotopic (exact) mass is 866 g/mol. The lowest BCUT2D eigenvalue weighted by atomic mass is 9.99. The molecule has 11 heteroatoms. The van der Waals surface area contributed by atoms with Crippen molar-refractivity contribution < 1.29 is 49.3 Å². The van der Waals surface area contributed by atoms with Gasteiger partial charge in [-0.2, -0.15) is 0 Å². The molecule has 0 radical (unpaired) electrons. The molecule has 11 nitrogen and oxygen atoms in total. The molecule has 1 rings (SSSR count). The molecular weight excluding hydrogens is 775 g/mol. The summed E-state index contributed by atoms with van der Waals surface area (Å²) in [6.07, 6.45) is 36.5. The molecule has 0 aromatic heterocycles. The van der Waals surface area contributed by atoms with Gasteiger partial charge in [0.25, 0.3) is 0 Å². The van der Waals surface area contributed by atoms with Crippen LogP contribution in [-0.2, 0) is 23.8 Å². The molecule has 1 aliphatic rings. The minimum Gasteiger partial charge on any atom is -0.466 e. The SMILES string of the molecule is CCC/C=C\C/C=C\CCCCCCCC(=O)OCCCCCCCCCCCCCC(=O)NC(COC1OC(CO)C(O)C(O)C1O)C(O)/C=C/CCCCCCCCC. The van der Waals surface area contributed by atoms with E-state index in [2.05, 4.69) is 43.5 Å². The summed E-state index contributed by atoms with van der Waals surface area (Å²) in [5.74, 6) is -0.261. The molecule has 0 spiro atoms. The quantitative estimate of drug-likeness (QED) is 0.0197. The maximum absolute atomic E-state index is 12.9. The molecule has 6 N–H and O–H groups in total. The summed E-state index contributed by atoms with van der Waals surface area (Å²) < 4.78 is 16.6. The second-order valence-electron chi connectivity index (χ2n) is 17.2. The average Bonchev–Trinajstić information content (AvgIpc) is 3.25. The number of nitrogens with one attached hydrogen (secondary N) is 1. The molecule has 1 heterocycles. The number of aliphatic hydroxyl groups is 5. The van der Waals surface area contributed by atoms with Gasteiger partial charge in [0, 0.05) is 12.8 Å². The number of rotatable bonds is 41. The van der Waals surface area contributed by atoms with Gasteiger partial charge in [-0.05, 0) is 57.8 Å². The summed E-state index contributed by atoms with van der Waals surface area (Å²) in [4.78, 5) is 25.0. The number of allylic oxidation sites excluding steroid dienone is 5. The van der Waals surface area contributed by atoms with Crippen LogP contribution in [0, 0.1) is 0 Å². The van der Waals surface area contributed by atoms with Crippen molar-refractivity contribution in [2.75, 3.05) is 19.8 Å². The molecule has 1 amide bonds. The van der Waals surface area contributed by atoms with Crippen molar-refractivity contribution in [1.29, 1.82) is 0 Å². The standard InChI is InChI=1S/C50H91NO10/c1-3-5-7-9-11-13-14-15-18-22-26-30-34-38-46(55)59-39-35-31-27-23-19-16-17-21-25-29-33-37-45(54)51-42(43(53)36-32-28-24-20-12-10-8-6-4-2)41-60-50-49(58)48(57)47(56)44(40-52)61-50/h7,9,13-14,32,36,42-44,47-50,52-53,56-58H,3-6,8,10-12,15-31,33-35,37-41H2,1-2H3,(H,51,54)/b9-7-,14-13-,36-32+. The Morgan fingerprint density at radius 2 is 1.13 bits per heavy atom. The van der Waals surface area contributed by atoms with E-state index < -0.39 is 49.5 Å². The lowest BCUT2D eigenvalue weighted by molar-refractivity contribution is -0.302. The number of unbranched alkanes of at least 4 members (excludes halogenated alkanes) is 23. The van der Waals surface area contributed by atoms with Crippen LogP contribution in [-0.4, -0.2) is 100 Å². The third kappa shape index (κ3) is 31.4. The second-order valence-corrected chi connectivity index (χ2v) is 17.2. The molecule has 0 aromatic carbocycles. The van der Waals surface area contributed by atoms with Crippen LogP contribution in [0.5, 0.6) is 0 Å². The predicted octanol–water partition coefficient (Wildman–Crippen LogP) is 9.60. The predicted molar refractivity (Wildman–Crippen MR) is 246 cm³/mol. The van der Waals surface area contributed by atoms with Crippen LogP contribution in [0.15, 0.2) is 36.5 Å². The van der Waals surface area contributed by atoms with Crippen molar-refractivity contribution in [2.24, 2.45) is 0 Å². The zero-order chi connectivity index (χ0) is 44.6. The molecule has 61 heavy (non-hydrogen) atoms. The number of hydrogen-bond acceptors (Lipinski definition) is 10. The first-order chi connectivity index (χ1) is 29.7. The van der Waals surface area contributed by atoms with E-state index in [1.54, 1.807) is 6.08 Å². The highest BCUT2D eigenvalue weighted by Gasteiger charge is 2.44. The minimum absolute atomic E-state index is 0.0561. The van der Waals surface area contributed by atoms with E-state index in [-0.39, 0.29) is 18.5 Å². The Hall–Kier alpha value is -2.12. The van der Waals surface area contributed by atoms with E-state index >= 15 is 0 Å². The first-order valence-corrected chi connectivity index (χ1v) is 24.8. The first kappa shape index (κ1) is 56.9. The fourth-order valence-electron chi connectivity index (χ4n) is 7.47. The van der Waals surface area contributed by atoms with Crippen molar-refractivity contribution in [3.63, 3.8) is 0 Å². The van der Waals surface area contributed by atoms with E-state index in [4.69, 9.17) is 14.2 Å². The first-order valence-electron chi connectivity index (χ1n) is 24.8. The normalized spacial score (nSPS) is 20.5. The fraction of sp³-hybridized carbons (Fsp3) is 0.840. The Morgan fingerprint density at radius 1 is 0.607 bits per heavy atom. The van der Waals surface area contributed by atoms with Crippen LogP contribution in [0.4, 0.5) is 0 Å². The maximum atomic E-state index is 12.9. The number of amides is 1. The average molecular weight is 866 g/mol. The van der Waals surface area contributed by atoms with Gasteiger partial charge in [-0.25, -0.2) is 0 Å². The van der Waals surface area contributed by atoms with Gasteiger partial charge in [0.2, 0.25) is 5.91 Å². The van der Waals surface area contributed by atoms with E-state index in [1.165, 1.54) is 89.9 Å². The molecular formula is C50H91NO10. The third-order valence-electron chi connectivity index (χ3n) is 11.5. The van der Waals surface area contributed by atoms with Gasteiger partial charge in [-0.3, -0.25) is 9.59 Å². The zero-order valence-corrected chi connectivity index (χ0v) is 38.6. The Morgan fingerprint density at radius 3 is 1.72 bits per heavy atom. The molecule has 0 aliphatic carbocycles. The smallest absolute Gasteiger partial charge is 0.305 e. The summed E-state index contributed by atoms with van der Waals surface area (Å²) in [6.45, 7) is 4.15. The Balaban J connectivity index is 2.17. The zero-order valence-electron chi connectivity index (χ0n) is 38.6. The van der Waals surface area contributed by atoms with Gasteiger partial charge in [0.15, 0.2) is 6.29 Å².